The number of halogens is 6. The second kappa shape index (κ2) is 13.7. The topological polar surface area (TPSA) is 59.9 Å². The van der Waals surface area contributed by atoms with Crippen LogP contribution in [0.3, 0.4) is 0 Å². The predicted molar refractivity (Wildman–Crippen MR) is 187 cm³/mol. The molecule has 6 aromatic rings. The Morgan fingerprint density at radius 3 is 1.26 bits per heavy atom. The number of rotatable bonds is 8. The molecule has 0 spiro atoms. The molecule has 236 valence electrons. The van der Waals surface area contributed by atoms with Crippen LogP contribution >= 0.6 is 46.4 Å². The van der Waals surface area contributed by atoms with Gasteiger partial charge in [-0.3, -0.25) is 9.97 Å². The third kappa shape index (κ3) is 7.35. The summed E-state index contributed by atoms with van der Waals surface area (Å²) in [5.74, 6) is -2.65. The van der Waals surface area contributed by atoms with Gasteiger partial charge in [-0.25, -0.2) is 17.2 Å². The van der Waals surface area contributed by atoms with Crippen LogP contribution in [0.5, 0.6) is 0 Å². The van der Waals surface area contributed by atoms with Crippen molar-refractivity contribution in [1.82, 2.24) is 9.97 Å². The molecule has 47 heavy (non-hydrogen) atoms. The third-order valence-electron chi connectivity index (χ3n) is 7.58. The molecule has 0 fully saturated rings. The average Bonchev–Trinajstić information content (AvgIpc) is 3.05. The molecule has 2 heterocycles. The van der Waals surface area contributed by atoms with Crippen molar-refractivity contribution in [3.63, 3.8) is 0 Å². The van der Waals surface area contributed by atoms with Gasteiger partial charge in [0.15, 0.2) is 9.84 Å². The SMILES string of the molecule is O=S(=O)(Cc1ccc(-c2cnccc2-c2ccc(Cl)c(Cl)c2)cc1F)Cc1ccc(-c2cnccc2-c2ccc(Cl)c(Cl)c2)cc1F. The fourth-order valence-corrected chi connectivity index (χ4v) is 7.38. The highest BCUT2D eigenvalue weighted by Crippen LogP contribution is 2.37. The molecule has 0 bridgehead atoms. The van der Waals surface area contributed by atoms with E-state index in [4.69, 9.17) is 46.4 Å². The van der Waals surface area contributed by atoms with Crippen LogP contribution in [0.25, 0.3) is 44.5 Å². The van der Waals surface area contributed by atoms with E-state index < -0.39 is 33.0 Å². The number of hydrogen-bond acceptors (Lipinski definition) is 4. The van der Waals surface area contributed by atoms with Crippen LogP contribution in [-0.4, -0.2) is 18.4 Å². The highest BCUT2D eigenvalue weighted by atomic mass is 35.5. The number of sulfone groups is 1. The molecule has 0 N–H and O–H groups in total. The number of nitrogens with zero attached hydrogens (tertiary/aromatic N) is 2. The van der Waals surface area contributed by atoms with Crippen LogP contribution < -0.4 is 0 Å². The Balaban J connectivity index is 1.23. The molecule has 0 atom stereocenters. The molecule has 0 aliphatic rings. The standard InChI is InChI=1S/C36H22Cl4F2N2O2S/c37-31-7-5-21(13-33(31)39)27-9-11-43-17-29(27)23-1-3-25(35(41)15-23)19-47(45,46)20-26-4-2-24(16-36(26)42)30-18-44-12-10-28(30)22-6-8-32(38)34(40)14-22/h1-18H,19-20H2. The van der Waals surface area contributed by atoms with Crippen molar-refractivity contribution in [3.05, 3.63) is 153 Å². The lowest BCUT2D eigenvalue weighted by Gasteiger charge is -2.13. The average molecular weight is 726 g/mol. The normalized spacial score (nSPS) is 11.5. The molecule has 0 aliphatic heterocycles. The monoisotopic (exact) mass is 724 g/mol. The molecule has 0 unspecified atom stereocenters. The van der Waals surface area contributed by atoms with E-state index in [2.05, 4.69) is 9.97 Å². The van der Waals surface area contributed by atoms with E-state index in [0.717, 1.165) is 22.3 Å². The first-order valence-electron chi connectivity index (χ1n) is 14.1. The van der Waals surface area contributed by atoms with Crippen LogP contribution in [-0.2, 0) is 21.3 Å². The van der Waals surface area contributed by atoms with Crippen LogP contribution in [0.15, 0.2) is 110 Å². The molecule has 4 aromatic carbocycles. The molecule has 4 nitrogen and oxygen atoms in total. The molecule has 0 aliphatic carbocycles. The van der Waals surface area contributed by atoms with Crippen LogP contribution in [0, 0.1) is 11.6 Å². The van der Waals surface area contributed by atoms with E-state index in [0.29, 0.717) is 42.3 Å². The van der Waals surface area contributed by atoms with Crippen molar-refractivity contribution >= 4 is 56.2 Å². The van der Waals surface area contributed by atoms with Crippen LogP contribution in [0.2, 0.25) is 20.1 Å². The van der Waals surface area contributed by atoms with Gasteiger partial charge in [-0.15, -0.1) is 0 Å². The zero-order valence-corrected chi connectivity index (χ0v) is 28.0. The van der Waals surface area contributed by atoms with Crippen LogP contribution in [0.1, 0.15) is 11.1 Å². The molecule has 2 aromatic heterocycles. The Labute approximate surface area is 290 Å². The van der Waals surface area contributed by atoms with Gasteiger partial charge in [0.05, 0.1) is 31.6 Å². The summed E-state index contributed by atoms with van der Waals surface area (Å²) in [5, 5.41) is 1.55. The van der Waals surface area contributed by atoms with E-state index >= 15 is 8.78 Å². The second-order valence-electron chi connectivity index (χ2n) is 10.7. The maximum absolute atomic E-state index is 15.4. The van der Waals surface area contributed by atoms with Gasteiger partial charge in [-0.1, -0.05) is 82.8 Å². The smallest absolute Gasteiger partial charge is 0.158 e. The molecule has 11 heteroatoms. The molecular weight excluding hydrogens is 704 g/mol. The van der Waals surface area contributed by atoms with Gasteiger partial charge in [0.1, 0.15) is 11.6 Å². The Morgan fingerprint density at radius 1 is 0.489 bits per heavy atom. The largest absolute Gasteiger partial charge is 0.264 e. The maximum Gasteiger partial charge on any atom is 0.158 e. The van der Waals surface area contributed by atoms with Crippen molar-refractivity contribution in [2.75, 3.05) is 0 Å². The number of pyridine rings is 2. The van der Waals surface area contributed by atoms with E-state index in [1.54, 1.807) is 85.5 Å². The van der Waals surface area contributed by atoms with Gasteiger partial charge in [0.25, 0.3) is 0 Å². The minimum atomic E-state index is -3.97. The minimum absolute atomic E-state index is 0.0348. The van der Waals surface area contributed by atoms with E-state index in [1.807, 2.05) is 0 Å². The summed E-state index contributed by atoms with van der Waals surface area (Å²) < 4.78 is 57.1. The lowest BCUT2D eigenvalue weighted by molar-refractivity contribution is 0.581. The van der Waals surface area contributed by atoms with E-state index in [9.17, 15) is 8.42 Å². The molecule has 0 amide bonds. The summed E-state index contributed by atoms with van der Waals surface area (Å²) in [6.07, 6.45) is 6.40. The fourth-order valence-electron chi connectivity index (χ4n) is 5.27. The zero-order valence-electron chi connectivity index (χ0n) is 24.2. The Bertz CT molecular complexity index is 2110. The Hall–Kier alpha value is -3.85. The quantitative estimate of drug-likeness (QED) is 0.157. The van der Waals surface area contributed by atoms with Gasteiger partial charge in [-0.05, 0) is 81.9 Å². The molecule has 0 saturated carbocycles. The Kier molecular flexibility index (Phi) is 9.65. The van der Waals surface area contributed by atoms with Crippen molar-refractivity contribution in [3.8, 4) is 44.5 Å². The first-order chi connectivity index (χ1) is 22.5. The molecular formula is C36H22Cl4F2N2O2S. The summed E-state index contributed by atoms with van der Waals surface area (Å²) in [7, 11) is -3.97. The summed E-state index contributed by atoms with van der Waals surface area (Å²) in [6, 6.07) is 22.5. The van der Waals surface area contributed by atoms with E-state index in [1.165, 1.54) is 24.3 Å². The van der Waals surface area contributed by atoms with Crippen molar-refractivity contribution in [2.45, 2.75) is 11.5 Å². The van der Waals surface area contributed by atoms with Gasteiger partial charge in [0.2, 0.25) is 0 Å². The van der Waals surface area contributed by atoms with Gasteiger partial charge in [-0.2, -0.15) is 0 Å². The highest BCUT2D eigenvalue weighted by Gasteiger charge is 2.20. The molecule has 0 saturated heterocycles. The third-order valence-corrected chi connectivity index (χ3v) is 10.6. The predicted octanol–water partition coefficient (Wildman–Crippen LogP) is 11.2. The Morgan fingerprint density at radius 2 is 0.872 bits per heavy atom. The maximum atomic E-state index is 15.4. The summed E-state index contributed by atoms with van der Waals surface area (Å²) in [6.45, 7) is 0. The first kappa shape index (κ1) is 33.1. The summed E-state index contributed by atoms with van der Waals surface area (Å²) in [4.78, 5) is 8.36. The van der Waals surface area contributed by atoms with Gasteiger partial charge in [0, 0.05) is 47.0 Å². The lowest BCUT2D eigenvalue weighted by Crippen LogP contribution is -2.10. The van der Waals surface area contributed by atoms with Crippen molar-refractivity contribution in [2.24, 2.45) is 0 Å². The van der Waals surface area contributed by atoms with Crippen LogP contribution in [0.4, 0.5) is 8.78 Å². The van der Waals surface area contributed by atoms with Gasteiger partial charge >= 0.3 is 0 Å². The van der Waals surface area contributed by atoms with Gasteiger partial charge < -0.3 is 0 Å². The van der Waals surface area contributed by atoms with Crippen molar-refractivity contribution in [1.29, 1.82) is 0 Å². The molecule has 0 radical (unpaired) electrons. The fraction of sp³-hybridized carbons (Fsp3) is 0.0556. The number of aromatic nitrogens is 2. The summed E-state index contributed by atoms with van der Waals surface area (Å²) in [5.41, 5.74) is 5.16. The molecule has 6 rings (SSSR count). The highest BCUT2D eigenvalue weighted by molar-refractivity contribution is 7.89. The number of benzene rings is 4. The van der Waals surface area contributed by atoms with E-state index in [-0.39, 0.29) is 11.1 Å². The summed E-state index contributed by atoms with van der Waals surface area (Å²) >= 11 is 24.6. The lowest BCUT2D eigenvalue weighted by atomic mass is 9.96. The second-order valence-corrected chi connectivity index (χ2v) is 14.4. The first-order valence-corrected chi connectivity index (χ1v) is 17.4. The number of hydrogen-bond donors (Lipinski definition) is 0. The minimum Gasteiger partial charge on any atom is -0.264 e. The zero-order chi connectivity index (χ0) is 33.3. The van der Waals surface area contributed by atoms with Crippen molar-refractivity contribution < 1.29 is 17.2 Å².